The van der Waals surface area contributed by atoms with Crippen LogP contribution < -0.4 is 16.0 Å². The fourth-order valence-corrected chi connectivity index (χ4v) is 5.30. The molecule has 4 heterocycles. The van der Waals surface area contributed by atoms with Gasteiger partial charge in [0.1, 0.15) is 29.5 Å². The van der Waals surface area contributed by atoms with E-state index in [-0.39, 0.29) is 16.8 Å². The number of aryl methyl sites for hydroxylation is 2. The summed E-state index contributed by atoms with van der Waals surface area (Å²) in [5.74, 6) is -2.79. The normalized spacial score (nSPS) is 13.5. The Morgan fingerprint density at radius 3 is 2.45 bits per heavy atom. The molecule has 1 fully saturated rings. The van der Waals surface area contributed by atoms with Gasteiger partial charge in [0, 0.05) is 73.8 Å². The number of amides is 1. The maximum Gasteiger partial charge on any atom is 0.255 e. The van der Waals surface area contributed by atoms with Crippen molar-refractivity contribution in [1.29, 1.82) is 0 Å². The average molecular weight is 647 g/mol. The van der Waals surface area contributed by atoms with Crippen molar-refractivity contribution in [1.82, 2.24) is 34.0 Å². The lowest BCUT2D eigenvalue weighted by molar-refractivity contribution is 0.0398. The minimum atomic E-state index is -1.52. The monoisotopic (exact) mass is 646 g/mol. The molecule has 0 saturated carbocycles. The van der Waals surface area contributed by atoms with E-state index in [4.69, 9.17) is 4.74 Å². The first-order valence-corrected chi connectivity index (χ1v) is 15.0. The van der Waals surface area contributed by atoms with E-state index in [2.05, 4.69) is 40.8 Å². The molecule has 2 aromatic carbocycles. The van der Waals surface area contributed by atoms with Gasteiger partial charge in [-0.25, -0.2) is 33.1 Å². The average Bonchev–Trinajstić information content (AvgIpc) is 3.72. The number of anilines is 4. The quantitative estimate of drug-likeness (QED) is 0.181. The highest BCUT2D eigenvalue weighted by Crippen LogP contribution is 2.32. The molecule has 47 heavy (non-hydrogen) atoms. The number of hydrogen-bond acceptors (Lipinski definition) is 9. The molecule has 0 spiro atoms. The Labute approximate surface area is 268 Å². The Bertz CT molecular complexity index is 1890. The summed E-state index contributed by atoms with van der Waals surface area (Å²) in [5.41, 5.74) is -0.0176. The zero-order valence-electron chi connectivity index (χ0n) is 26.0. The number of aromatic nitrogens is 6. The van der Waals surface area contributed by atoms with Gasteiger partial charge in [-0.1, -0.05) is 6.07 Å². The molecule has 244 valence electrons. The van der Waals surface area contributed by atoms with Crippen molar-refractivity contribution in [3.05, 3.63) is 95.3 Å². The minimum absolute atomic E-state index is 0.0800. The predicted molar refractivity (Wildman–Crippen MR) is 170 cm³/mol. The molecule has 1 aliphatic heterocycles. The summed E-state index contributed by atoms with van der Waals surface area (Å²) < 4.78 is 54.1. The second kappa shape index (κ2) is 13.6. The molecule has 0 bridgehead atoms. The van der Waals surface area contributed by atoms with Gasteiger partial charge in [-0.3, -0.25) is 14.3 Å². The molecule has 0 aliphatic carbocycles. The molecule has 3 N–H and O–H groups in total. The number of imidazole rings is 2. The van der Waals surface area contributed by atoms with Gasteiger partial charge in [0.15, 0.2) is 17.5 Å². The lowest BCUT2D eigenvalue weighted by Crippen LogP contribution is -2.39. The van der Waals surface area contributed by atoms with Crippen LogP contribution >= 0.6 is 0 Å². The zero-order valence-corrected chi connectivity index (χ0v) is 26.0. The van der Waals surface area contributed by atoms with Gasteiger partial charge in [0.2, 0.25) is 5.95 Å². The van der Waals surface area contributed by atoms with E-state index in [1.165, 1.54) is 42.3 Å². The van der Waals surface area contributed by atoms with Crippen molar-refractivity contribution < 1.29 is 22.7 Å². The van der Waals surface area contributed by atoms with Crippen LogP contribution in [0.3, 0.4) is 0 Å². The molecule has 0 atom stereocenters. The van der Waals surface area contributed by atoms with Gasteiger partial charge >= 0.3 is 0 Å². The van der Waals surface area contributed by atoms with E-state index in [1.54, 1.807) is 36.0 Å². The molecule has 0 unspecified atom stereocenters. The molecule has 5 aromatic rings. The van der Waals surface area contributed by atoms with Crippen LogP contribution in [0.25, 0.3) is 11.5 Å². The number of carbonyl (C=O) groups is 1. The highest BCUT2D eigenvalue weighted by Gasteiger charge is 2.26. The van der Waals surface area contributed by atoms with Crippen LogP contribution in [0.4, 0.5) is 36.3 Å². The van der Waals surface area contributed by atoms with Crippen molar-refractivity contribution in [2.75, 3.05) is 55.3 Å². The number of hydrogen-bond donors (Lipinski definition) is 3. The molecule has 1 aliphatic rings. The van der Waals surface area contributed by atoms with Crippen LogP contribution in [-0.2, 0) is 4.74 Å². The van der Waals surface area contributed by atoms with Crippen LogP contribution in [0.1, 0.15) is 27.3 Å². The van der Waals surface area contributed by atoms with Gasteiger partial charge < -0.3 is 25.3 Å². The van der Waals surface area contributed by atoms with Gasteiger partial charge in [-0.05, 0) is 38.5 Å². The lowest BCUT2D eigenvalue weighted by atomic mass is 10.1. The van der Waals surface area contributed by atoms with E-state index in [1.807, 2.05) is 6.92 Å². The summed E-state index contributed by atoms with van der Waals surface area (Å²) in [6.45, 7) is 9.54. The first-order chi connectivity index (χ1) is 22.7. The zero-order chi connectivity index (χ0) is 33.1. The molecule has 0 radical (unpaired) electrons. The number of carbonyl (C=O) groups excluding carboxylic acids is 1. The highest BCUT2D eigenvalue weighted by atomic mass is 19.2. The van der Waals surface area contributed by atoms with E-state index in [9.17, 15) is 4.79 Å². The van der Waals surface area contributed by atoms with Crippen molar-refractivity contribution in [3.63, 3.8) is 0 Å². The first-order valence-electron chi connectivity index (χ1n) is 15.0. The third kappa shape index (κ3) is 6.66. The Balaban J connectivity index is 1.19. The summed E-state index contributed by atoms with van der Waals surface area (Å²) in [7, 11) is 0. The van der Waals surface area contributed by atoms with E-state index < -0.39 is 29.0 Å². The Hall–Kier alpha value is -5.28. The molecular weight excluding hydrogens is 613 g/mol. The van der Waals surface area contributed by atoms with Crippen molar-refractivity contribution in [2.45, 2.75) is 20.8 Å². The van der Waals surface area contributed by atoms with Crippen molar-refractivity contribution in [2.24, 2.45) is 0 Å². The molecule has 6 rings (SSSR count). The number of ether oxygens (including phenoxy) is 1. The topological polar surface area (TPSA) is 127 Å². The van der Waals surface area contributed by atoms with Gasteiger partial charge in [-0.2, -0.15) is 0 Å². The van der Waals surface area contributed by atoms with Crippen molar-refractivity contribution in [3.8, 4) is 11.5 Å². The number of morpholine rings is 1. The third-order valence-corrected chi connectivity index (χ3v) is 7.95. The van der Waals surface area contributed by atoms with Crippen molar-refractivity contribution >= 4 is 29.0 Å². The summed E-state index contributed by atoms with van der Waals surface area (Å²) in [4.78, 5) is 32.7. The fraction of sp³-hybridized carbons (Fsp3) is 0.281. The SMILES string of the molecule is Cc1ccc(C(=O)Nc2c(F)c(C)c(-n3ccnc3C)c(F)c2F)cc1Nc1nccn1-c1cc(NCCN2CCOCC2)ncn1. The first kappa shape index (κ1) is 31.7. The predicted octanol–water partition coefficient (Wildman–Crippen LogP) is 4.93. The second-order valence-corrected chi connectivity index (χ2v) is 11.0. The maximum absolute atomic E-state index is 15.4. The summed E-state index contributed by atoms with van der Waals surface area (Å²) in [5, 5.41) is 8.75. The number of benzene rings is 2. The van der Waals surface area contributed by atoms with Crippen LogP contribution in [0.15, 0.2) is 55.4 Å². The minimum Gasteiger partial charge on any atom is -0.379 e. The van der Waals surface area contributed by atoms with Crippen LogP contribution in [0.5, 0.6) is 0 Å². The molecule has 1 saturated heterocycles. The second-order valence-electron chi connectivity index (χ2n) is 11.0. The largest absolute Gasteiger partial charge is 0.379 e. The maximum atomic E-state index is 15.4. The molecule has 12 nitrogen and oxygen atoms in total. The van der Waals surface area contributed by atoms with E-state index >= 15 is 13.2 Å². The van der Waals surface area contributed by atoms with E-state index in [0.717, 1.165) is 38.4 Å². The Kier molecular flexibility index (Phi) is 9.17. The third-order valence-electron chi connectivity index (χ3n) is 7.95. The smallest absolute Gasteiger partial charge is 0.255 e. The number of nitrogens with zero attached hydrogens (tertiary/aromatic N) is 7. The van der Waals surface area contributed by atoms with Crippen LogP contribution in [0, 0.1) is 38.2 Å². The Morgan fingerprint density at radius 1 is 0.915 bits per heavy atom. The summed E-state index contributed by atoms with van der Waals surface area (Å²) in [6, 6.07) is 6.50. The lowest BCUT2D eigenvalue weighted by Gasteiger charge is -2.26. The fourth-order valence-electron chi connectivity index (χ4n) is 5.30. The molecule has 3 aromatic heterocycles. The standard InChI is InChI=1S/C32H33F3N10O2/c1-19-4-5-22(31(46)42-29-26(33)20(2)30(28(35)27(29)34)44-10-7-36-21(44)3)16-23(19)41-32-38-8-11-45(32)25-17-24(39-18-40-25)37-6-9-43-12-14-47-15-13-43/h4-5,7-8,10-11,16-18H,6,9,12-15H2,1-3H3,(H,38,41)(H,42,46)(H,37,39,40). The summed E-state index contributed by atoms with van der Waals surface area (Å²) >= 11 is 0. The molecular formula is C32H33F3N10O2. The number of rotatable bonds is 10. The van der Waals surface area contributed by atoms with Gasteiger partial charge in [-0.15, -0.1) is 0 Å². The van der Waals surface area contributed by atoms with Gasteiger partial charge in [0.25, 0.3) is 5.91 Å². The molecule has 15 heteroatoms. The Morgan fingerprint density at radius 2 is 1.68 bits per heavy atom. The number of nitrogens with one attached hydrogen (secondary N) is 3. The van der Waals surface area contributed by atoms with Gasteiger partial charge in [0.05, 0.1) is 18.9 Å². The highest BCUT2D eigenvalue weighted by molar-refractivity contribution is 6.05. The van der Waals surface area contributed by atoms with Crippen LogP contribution in [0.2, 0.25) is 0 Å². The summed E-state index contributed by atoms with van der Waals surface area (Å²) in [6.07, 6.45) is 7.58. The number of halogens is 3. The molecule has 1 amide bonds. The van der Waals surface area contributed by atoms with E-state index in [0.29, 0.717) is 35.6 Å². The van der Waals surface area contributed by atoms with Crippen LogP contribution in [-0.4, -0.2) is 79.3 Å².